The van der Waals surface area contributed by atoms with Gasteiger partial charge in [-0.3, -0.25) is 0 Å². The van der Waals surface area contributed by atoms with Gasteiger partial charge in [-0.2, -0.15) is 0 Å². The van der Waals surface area contributed by atoms with E-state index in [2.05, 4.69) is 4.72 Å². The van der Waals surface area contributed by atoms with E-state index in [1.165, 1.54) is 0 Å². The van der Waals surface area contributed by atoms with E-state index < -0.39 is 16.1 Å². The normalized spacial score (nSPS) is 13.1. The summed E-state index contributed by atoms with van der Waals surface area (Å²) < 4.78 is 27.2. The molecule has 0 aliphatic rings. The molecule has 0 saturated heterocycles. The highest BCUT2D eigenvalue weighted by molar-refractivity contribution is 7.89. The van der Waals surface area contributed by atoms with Gasteiger partial charge in [-0.15, -0.1) is 0 Å². The van der Waals surface area contributed by atoms with Gasteiger partial charge in [0.1, 0.15) is 0 Å². The van der Waals surface area contributed by atoms with E-state index in [1.807, 2.05) is 55.5 Å². The second-order valence-corrected chi connectivity index (χ2v) is 7.52. The zero-order chi connectivity index (χ0) is 17.2. The minimum atomic E-state index is -3.65. The predicted molar refractivity (Wildman–Crippen MR) is 95.3 cm³/mol. The van der Waals surface area contributed by atoms with Crippen molar-refractivity contribution in [2.45, 2.75) is 17.9 Å². The number of aliphatic hydroxyl groups excluding tert-OH is 1. The van der Waals surface area contributed by atoms with E-state index in [1.54, 1.807) is 18.2 Å². The summed E-state index contributed by atoms with van der Waals surface area (Å²) in [5.41, 5.74) is 1.58. The molecule has 1 atom stereocenters. The molecule has 3 rings (SSSR count). The van der Waals surface area contributed by atoms with E-state index >= 15 is 0 Å². The first kappa shape index (κ1) is 16.6. The van der Waals surface area contributed by atoms with Gasteiger partial charge in [-0.25, -0.2) is 13.1 Å². The van der Waals surface area contributed by atoms with Crippen LogP contribution >= 0.6 is 0 Å². The van der Waals surface area contributed by atoms with Crippen LogP contribution in [0.15, 0.2) is 71.6 Å². The molecule has 24 heavy (non-hydrogen) atoms. The minimum Gasteiger partial charge on any atom is -0.387 e. The molecule has 0 unspecified atom stereocenters. The molecule has 0 radical (unpaired) electrons. The molecule has 0 amide bonds. The number of hydrogen-bond donors (Lipinski definition) is 2. The highest BCUT2D eigenvalue weighted by Crippen LogP contribution is 2.24. The van der Waals surface area contributed by atoms with Gasteiger partial charge in [0, 0.05) is 6.54 Å². The van der Waals surface area contributed by atoms with E-state index in [0.717, 1.165) is 16.3 Å². The second kappa shape index (κ2) is 6.73. The summed E-state index contributed by atoms with van der Waals surface area (Å²) in [6.07, 6.45) is -0.921. The maximum atomic E-state index is 12.4. The fraction of sp³-hybridized carbons (Fsp3) is 0.158. The Kier molecular flexibility index (Phi) is 4.66. The quantitative estimate of drug-likeness (QED) is 0.749. The molecule has 4 nitrogen and oxygen atoms in total. The van der Waals surface area contributed by atoms with Gasteiger partial charge in [-0.05, 0) is 41.0 Å². The molecular formula is C19H19NO3S. The molecule has 2 N–H and O–H groups in total. The summed E-state index contributed by atoms with van der Waals surface area (Å²) in [5.74, 6) is 0. The number of aryl methyl sites for hydroxylation is 1. The summed E-state index contributed by atoms with van der Waals surface area (Å²) >= 11 is 0. The Balaban J connectivity index is 1.81. The van der Waals surface area contributed by atoms with Gasteiger partial charge in [0.25, 0.3) is 0 Å². The first-order valence-electron chi connectivity index (χ1n) is 7.69. The van der Waals surface area contributed by atoms with Gasteiger partial charge in [-0.1, -0.05) is 54.6 Å². The average Bonchev–Trinajstić information content (AvgIpc) is 2.59. The summed E-state index contributed by atoms with van der Waals surface area (Å²) in [7, 11) is -3.65. The molecule has 0 saturated carbocycles. The van der Waals surface area contributed by atoms with Crippen LogP contribution in [0.2, 0.25) is 0 Å². The van der Waals surface area contributed by atoms with Crippen LogP contribution in [0.1, 0.15) is 17.2 Å². The Morgan fingerprint density at radius 2 is 1.71 bits per heavy atom. The van der Waals surface area contributed by atoms with Crippen molar-refractivity contribution in [3.8, 4) is 0 Å². The van der Waals surface area contributed by atoms with Crippen LogP contribution in [0.3, 0.4) is 0 Å². The monoisotopic (exact) mass is 341 g/mol. The van der Waals surface area contributed by atoms with E-state index in [4.69, 9.17) is 0 Å². The van der Waals surface area contributed by atoms with Crippen molar-refractivity contribution in [3.05, 3.63) is 77.9 Å². The molecule has 0 spiro atoms. The van der Waals surface area contributed by atoms with E-state index in [9.17, 15) is 13.5 Å². The molecule has 0 heterocycles. The van der Waals surface area contributed by atoms with Gasteiger partial charge in [0.2, 0.25) is 10.0 Å². The number of rotatable bonds is 5. The van der Waals surface area contributed by atoms with Crippen LogP contribution in [0.25, 0.3) is 10.8 Å². The van der Waals surface area contributed by atoms with Crippen LogP contribution in [-0.4, -0.2) is 20.1 Å². The first-order valence-corrected chi connectivity index (χ1v) is 9.18. The lowest BCUT2D eigenvalue weighted by molar-refractivity contribution is 0.183. The molecule has 0 aromatic heterocycles. The minimum absolute atomic E-state index is 0.0791. The molecule has 0 fully saturated rings. The lowest BCUT2D eigenvalue weighted by Crippen LogP contribution is -2.28. The Hall–Kier alpha value is -2.21. The molecule has 3 aromatic carbocycles. The van der Waals surface area contributed by atoms with Crippen molar-refractivity contribution in [3.63, 3.8) is 0 Å². The average molecular weight is 341 g/mol. The zero-order valence-corrected chi connectivity index (χ0v) is 14.1. The fourth-order valence-electron chi connectivity index (χ4n) is 2.71. The van der Waals surface area contributed by atoms with Crippen LogP contribution in [0.4, 0.5) is 0 Å². The molecule has 0 aliphatic carbocycles. The fourth-order valence-corrected chi connectivity index (χ4v) is 3.85. The highest BCUT2D eigenvalue weighted by atomic mass is 32.2. The molecule has 3 aromatic rings. The maximum absolute atomic E-state index is 12.4. The third-order valence-electron chi connectivity index (χ3n) is 3.95. The lowest BCUT2D eigenvalue weighted by atomic mass is 10.0. The third-order valence-corrected chi connectivity index (χ3v) is 5.37. The highest BCUT2D eigenvalue weighted by Gasteiger charge is 2.17. The number of nitrogens with one attached hydrogen (secondary N) is 1. The second-order valence-electron chi connectivity index (χ2n) is 5.75. The number of hydrogen-bond acceptors (Lipinski definition) is 3. The third kappa shape index (κ3) is 3.48. The van der Waals surface area contributed by atoms with Crippen molar-refractivity contribution < 1.29 is 13.5 Å². The van der Waals surface area contributed by atoms with Gasteiger partial charge in [0.05, 0.1) is 11.0 Å². The van der Waals surface area contributed by atoms with Crippen LogP contribution in [0, 0.1) is 6.92 Å². The number of fused-ring (bicyclic) bond motifs is 1. The topological polar surface area (TPSA) is 66.4 Å². The molecule has 5 heteroatoms. The predicted octanol–water partition coefficient (Wildman–Crippen LogP) is 3.16. The maximum Gasteiger partial charge on any atom is 0.240 e. The van der Waals surface area contributed by atoms with Gasteiger partial charge < -0.3 is 5.11 Å². The summed E-state index contributed by atoms with van der Waals surface area (Å²) in [5, 5.41) is 12.4. The van der Waals surface area contributed by atoms with Crippen LogP contribution in [-0.2, 0) is 10.0 Å². The van der Waals surface area contributed by atoms with Crippen molar-refractivity contribution in [1.29, 1.82) is 0 Å². The van der Waals surface area contributed by atoms with Crippen molar-refractivity contribution in [1.82, 2.24) is 4.72 Å². The lowest BCUT2D eigenvalue weighted by Gasteiger charge is -2.15. The molecule has 124 valence electrons. The Labute approximate surface area is 141 Å². The Bertz CT molecular complexity index is 962. The smallest absolute Gasteiger partial charge is 0.240 e. The number of sulfonamides is 1. The Morgan fingerprint density at radius 1 is 1.00 bits per heavy atom. The van der Waals surface area contributed by atoms with Crippen molar-refractivity contribution >= 4 is 20.8 Å². The van der Waals surface area contributed by atoms with Crippen LogP contribution < -0.4 is 4.72 Å². The van der Waals surface area contributed by atoms with Gasteiger partial charge in [0.15, 0.2) is 0 Å². The molecule has 0 aliphatic heterocycles. The van der Waals surface area contributed by atoms with Gasteiger partial charge >= 0.3 is 0 Å². The van der Waals surface area contributed by atoms with Crippen molar-refractivity contribution in [2.24, 2.45) is 0 Å². The van der Waals surface area contributed by atoms with E-state index in [-0.39, 0.29) is 11.4 Å². The zero-order valence-electron chi connectivity index (χ0n) is 13.3. The summed E-state index contributed by atoms with van der Waals surface area (Å²) in [6, 6.07) is 20.0. The van der Waals surface area contributed by atoms with Crippen LogP contribution in [0.5, 0.6) is 0 Å². The standard InChI is InChI=1S/C19H19NO3S/c1-14-6-4-9-16(12-14)24(22,23)20-13-19(21)18-11-5-8-15-7-2-3-10-17(15)18/h2-12,19-21H,13H2,1H3/t19-/m0/s1. The summed E-state index contributed by atoms with van der Waals surface area (Å²) in [6.45, 7) is 1.76. The Morgan fingerprint density at radius 3 is 2.50 bits per heavy atom. The molecule has 0 bridgehead atoms. The first-order chi connectivity index (χ1) is 11.5. The largest absolute Gasteiger partial charge is 0.387 e. The number of aliphatic hydroxyl groups is 1. The number of benzene rings is 3. The SMILES string of the molecule is Cc1cccc(S(=O)(=O)NC[C@H](O)c2cccc3ccccc23)c1. The summed E-state index contributed by atoms with van der Waals surface area (Å²) in [4.78, 5) is 0.201. The van der Waals surface area contributed by atoms with Crippen molar-refractivity contribution in [2.75, 3.05) is 6.54 Å². The van der Waals surface area contributed by atoms with E-state index in [0.29, 0.717) is 5.56 Å². The molecular weight excluding hydrogens is 322 g/mol.